The zero-order valence-electron chi connectivity index (χ0n) is 13.2. The van der Waals surface area contributed by atoms with Gasteiger partial charge in [-0.05, 0) is 25.0 Å². The molecule has 2 aliphatic heterocycles. The summed E-state index contributed by atoms with van der Waals surface area (Å²) in [6, 6.07) is 1.95. The van der Waals surface area contributed by atoms with E-state index in [9.17, 15) is 21.6 Å². The Kier molecular flexibility index (Phi) is 4.60. The zero-order chi connectivity index (χ0) is 19.1. The van der Waals surface area contributed by atoms with Crippen molar-refractivity contribution in [2.75, 3.05) is 6.54 Å². The molecule has 2 atom stereocenters. The van der Waals surface area contributed by atoms with Crippen LogP contribution < -0.4 is 5.73 Å². The van der Waals surface area contributed by atoms with E-state index in [1.807, 2.05) is 0 Å². The molecular formula is C12H15N5O7S2. The van der Waals surface area contributed by atoms with Gasteiger partial charge in [-0.15, -0.1) is 8.68 Å². The quantitative estimate of drug-likeness (QED) is 0.358. The van der Waals surface area contributed by atoms with Crippen molar-refractivity contribution < 1.29 is 30.5 Å². The van der Waals surface area contributed by atoms with Crippen molar-refractivity contribution in [2.45, 2.75) is 30.0 Å². The Labute approximate surface area is 149 Å². The molecule has 2 fully saturated rings. The number of carbonyl (C=O) groups excluding carboxylic acids is 1. The van der Waals surface area contributed by atoms with Crippen LogP contribution in [0.25, 0.3) is 0 Å². The molecule has 1 unspecified atom stereocenters. The fourth-order valence-electron chi connectivity index (χ4n) is 2.89. The maximum absolute atomic E-state index is 12.3. The first-order valence-electron chi connectivity index (χ1n) is 7.37. The summed E-state index contributed by atoms with van der Waals surface area (Å²) < 4.78 is 62.8. The molecule has 12 nitrogen and oxygen atoms in total. The van der Waals surface area contributed by atoms with Gasteiger partial charge in [0, 0.05) is 12.7 Å². The number of carbonyl (C=O) groups is 1. The number of nitrogens with two attached hydrogens (primary N) is 1. The third kappa shape index (κ3) is 3.62. The van der Waals surface area contributed by atoms with Gasteiger partial charge >= 0.3 is 26.5 Å². The van der Waals surface area contributed by atoms with Gasteiger partial charge in [0.15, 0.2) is 5.03 Å². The number of nitrogens with zero attached hydrogens (tertiary/aromatic N) is 4. The molecule has 3 heterocycles. The van der Waals surface area contributed by atoms with Gasteiger partial charge in [-0.2, -0.15) is 21.9 Å². The fourth-order valence-corrected chi connectivity index (χ4v) is 4.21. The average Bonchev–Trinajstić information content (AvgIpc) is 2.79. The van der Waals surface area contributed by atoms with Crippen LogP contribution in [0, 0.1) is 0 Å². The number of aromatic nitrogens is 1. The number of fused-ring (bicyclic) bond motifs is 2. The number of amides is 2. The highest BCUT2D eigenvalue weighted by Crippen LogP contribution is 2.31. The second kappa shape index (κ2) is 6.46. The third-order valence-corrected chi connectivity index (χ3v) is 5.54. The molecule has 1 aromatic heterocycles. The molecule has 142 valence electrons. The zero-order valence-corrected chi connectivity index (χ0v) is 14.8. The van der Waals surface area contributed by atoms with Gasteiger partial charge in [0.1, 0.15) is 5.84 Å². The van der Waals surface area contributed by atoms with E-state index in [2.05, 4.69) is 13.7 Å². The third-order valence-electron chi connectivity index (χ3n) is 3.97. The maximum atomic E-state index is 12.3. The number of amidine groups is 1. The van der Waals surface area contributed by atoms with E-state index >= 15 is 0 Å². The van der Waals surface area contributed by atoms with E-state index in [0.717, 1.165) is 4.90 Å². The molecule has 0 radical (unpaired) electrons. The standard InChI is InChI=1S/C12H15N5O7S2/c13-11(15-25(19,20)10-3-1-2-6-14-10)9-5-4-8-7-16(9)12(18)17(8)24-26(21,22)23/h1-3,6,8-9H,4-5,7H2,(H2,13,15)(H,21,22,23)/t8-,9?/m1/s1. The molecule has 26 heavy (non-hydrogen) atoms. The lowest BCUT2D eigenvalue weighted by atomic mass is 10.0. The number of hydrogen-bond acceptors (Lipinski definition) is 7. The molecule has 0 saturated carbocycles. The summed E-state index contributed by atoms with van der Waals surface area (Å²) in [5.74, 6) is -0.323. The van der Waals surface area contributed by atoms with E-state index in [-0.39, 0.29) is 30.2 Å². The van der Waals surface area contributed by atoms with Gasteiger partial charge < -0.3 is 10.6 Å². The van der Waals surface area contributed by atoms with Crippen LogP contribution in [0.4, 0.5) is 4.79 Å². The second-order valence-corrected chi connectivity index (χ2v) is 8.22. The SMILES string of the molecule is N/C(=N\S(=O)(=O)c1ccccn1)C1CC[C@@H]2CN1C(=O)N2OS(=O)(=O)O. The number of hydrogen-bond donors (Lipinski definition) is 2. The van der Waals surface area contributed by atoms with Gasteiger partial charge in [-0.1, -0.05) is 6.07 Å². The Hall–Kier alpha value is -2.29. The lowest BCUT2D eigenvalue weighted by Crippen LogP contribution is -2.48. The summed E-state index contributed by atoms with van der Waals surface area (Å²) in [5, 5.41) is 0.247. The molecule has 3 rings (SSSR count). The number of rotatable bonds is 5. The number of urea groups is 1. The van der Waals surface area contributed by atoms with E-state index in [1.54, 1.807) is 6.07 Å². The van der Waals surface area contributed by atoms with E-state index in [4.69, 9.17) is 10.3 Å². The average molecular weight is 405 g/mol. The molecule has 0 aromatic carbocycles. The molecule has 3 N–H and O–H groups in total. The van der Waals surface area contributed by atoms with Gasteiger partial charge in [0.05, 0.1) is 12.1 Å². The molecule has 2 saturated heterocycles. The molecule has 0 spiro atoms. The van der Waals surface area contributed by atoms with Crippen molar-refractivity contribution >= 4 is 32.3 Å². The number of hydroxylamine groups is 2. The molecular weight excluding hydrogens is 390 g/mol. The van der Waals surface area contributed by atoms with Crippen LogP contribution >= 0.6 is 0 Å². The molecule has 14 heteroatoms. The summed E-state index contributed by atoms with van der Waals surface area (Å²) in [4.78, 5) is 17.1. The summed E-state index contributed by atoms with van der Waals surface area (Å²) in [5.41, 5.74) is 5.81. The van der Waals surface area contributed by atoms with Gasteiger partial charge in [-0.3, -0.25) is 4.55 Å². The van der Waals surface area contributed by atoms with Crippen molar-refractivity contribution in [2.24, 2.45) is 10.1 Å². The summed E-state index contributed by atoms with van der Waals surface area (Å²) in [7, 11) is -9.02. The Balaban J connectivity index is 1.84. The predicted octanol–water partition coefficient (Wildman–Crippen LogP) is -0.869. The van der Waals surface area contributed by atoms with Gasteiger partial charge in [-0.25, -0.2) is 9.78 Å². The van der Waals surface area contributed by atoms with Crippen molar-refractivity contribution in [3.8, 4) is 0 Å². The van der Waals surface area contributed by atoms with Crippen molar-refractivity contribution in [3.05, 3.63) is 24.4 Å². The Morgan fingerprint density at radius 3 is 2.65 bits per heavy atom. The van der Waals surface area contributed by atoms with Crippen molar-refractivity contribution in [1.82, 2.24) is 14.9 Å². The van der Waals surface area contributed by atoms with Crippen LogP contribution in [0.3, 0.4) is 0 Å². The highest BCUT2D eigenvalue weighted by Gasteiger charge is 2.48. The summed E-state index contributed by atoms with van der Waals surface area (Å²) in [6.07, 6.45) is 1.81. The summed E-state index contributed by atoms with van der Waals surface area (Å²) in [6.45, 7) is 0.0544. The predicted molar refractivity (Wildman–Crippen MR) is 86.4 cm³/mol. The maximum Gasteiger partial charge on any atom is 0.418 e. The highest BCUT2D eigenvalue weighted by atomic mass is 32.3. The number of pyridine rings is 1. The van der Waals surface area contributed by atoms with Crippen molar-refractivity contribution in [3.63, 3.8) is 0 Å². The minimum Gasteiger partial charge on any atom is -0.385 e. The Morgan fingerprint density at radius 2 is 2.04 bits per heavy atom. The molecule has 2 amide bonds. The molecule has 1 aromatic rings. The Bertz CT molecular complexity index is 947. The van der Waals surface area contributed by atoms with Crippen molar-refractivity contribution in [1.29, 1.82) is 0 Å². The Morgan fingerprint density at radius 1 is 1.31 bits per heavy atom. The minimum atomic E-state index is -4.87. The van der Waals surface area contributed by atoms with Gasteiger partial charge in [0.2, 0.25) is 0 Å². The molecule has 0 aliphatic carbocycles. The highest BCUT2D eigenvalue weighted by molar-refractivity contribution is 7.90. The molecule has 2 bridgehead atoms. The van der Waals surface area contributed by atoms with Crippen LogP contribution in [0.2, 0.25) is 0 Å². The smallest absolute Gasteiger partial charge is 0.385 e. The van der Waals surface area contributed by atoms with Crippen LogP contribution in [-0.4, -0.2) is 66.8 Å². The first-order valence-corrected chi connectivity index (χ1v) is 10.2. The first kappa shape index (κ1) is 18.5. The summed E-state index contributed by atoms with van der Waals surface area (Å²) >= 11 is 0. The second-order valence-electron chi connectivity index (χ2n) is 5.67. The van der Waals surface area contributed by atoms with Gasteiger partial charge in [0.25, 0.3) is 0 Å². The minimum absolute atomic E-state index is 0.0544. The topological polar surface area (TPSA) is 173 Å². The first-order chi connectivity index (χ1) is 12.1. The lowest BCUT2D eigenvalue weighted by Gasteiger charge is -2.29. The fraction of sp³-hybridized carbons (Fsp3) is 0.417. The van der Waals surface area contributed by atoms with E-state index in [1.165, 1.54) is 18.3 Å². The van der Waals surface area contributed by atoms with Crippen LogP contribution in [-0.2, 0) is 24.7 Å². The normalized spacial score (nSPS) is 24.2. The number of piperidine rings is 1. The largest absolute Gasteiger partial charge is 0.418 e. The lowest BCUT2D eigenvalue weighted by molar-refractivity contribution is -0.0316. The van der Waals surface area contributed by atoms with Crippen LogP contribution in [0.5, 0.6) is 0 Å². The van der Waals surface area contributed by atoms with Crippen LogP contribution in [0.15, 0.2) is 33.8 Å². The molecule has 2 aliphatic rings. The monoisotopic (exact) mass is 405 g/mol. The van der Waals surface area contributed by atoms with E-state index < -0.39 is 38.5 Å². The number of sulfonamides is 1. The van der Waals surface area contributed by atoms with E-state index in [0.29, 0.717) is 5.06 Å². The van der Waals surface area contributed by atoms with Crippen LogP contribution in [0.1, 0.15) is 12.8 Å².